The Morgan fingerprint density at radius 3 is 1.65 bits per heavy atom. The number of carbonyl (C=O) groups excluding carboxylic acids is 4. The van der Waals surface area contributed by atoms with Crippen LogP contribution in [0.5, 0.6) is 0 Å². The van der Waals surface area contributed by atoms with Crippen molar-refractivity contribution in [1.82, 2.24) is 69.5 Å². The number of ether oxygens (including phenoxy) is 1. The van der Waals surface area contributed by atoms with Gasteiger partial charge in [-0.15, -0.1) is 30.6 Å². The number of benzene rings is 1. The van der Waals surface area contributed by atoms with E-state index in [4.69, 9.17) is 20.6 Å². The predicted molar refractivity (Wildman–Crippen MR) is 306 cm³/mol. The van der Waals surface area contributed by atoms with Crippen LogP contribution in [0.3, 0.4) is 0 Å². The van der Waals surface area contributed by atoms with E-state index in [9.17, 15) is 32.3 Å². The van der Waals surface area contributed by atoms with E-state index in [1.807, 2.05) is 38.3 Å². The van der Waals surface area contributed by atoms with Gasteiger partial charge in [-0.2, -0.15) is 13.2 Å². The summed E-state index contributed by atoms with van der Waals surface area (Å²) in [7, 11) is 0. The second kappa shape index (κ2) is 25.7. The SMILES string of the molecule is CCOC(=O)c1nnc2n1CCN(c1ccc(N)cn1)C2.Nc1ccc(N2CCn3c(nnc3C(=O)CC3CCCC3)C2)nc1.O=C(Cc1ccc(N2CCn3c(nnc3C(=O)NC3CCCC3)C2)nc1)c1oc(-c2ccccc2)nc1C(F)(F)F. The van der Waals surface area contributed by atoms with Gasteiger partial charge in [-0.05, 0) is 73.7 Å². The van der Waals surface area contributed by atoms with Crippen LogP contribution in [-0.2, 0) is 56.6 Å². The number of anilines is 5. The first-order valence-electron chi connectivity index (χ1n) is 28.7. The first kappa shape index (κ1) is 58.2. The van der Waals surface area contributed by atoms with Crippen molar-refractivity contribution in [3.8, 4) is 11.5 Å². The summed E-state index contributed by atoms with van der Waals surface area (Å²) in [6.07, 6.45) is 9.17. The summed E-state index contributed by atoms with van der Waals surface area (Å²) in [5, 5.41) is 27.8. The molecule has 25 nitrogen and oxygen atoms in total. The molecule has 0 saturated heterocycles. The monoisotopic (exact) mass is 1180 g/mol. The van der Waals surface area contributed by atoms with Crippen LogP contribution >= 0.6 is 0 Å². The first-order chi connectivity index (χ1) is 41.6. The number of aromatic nitrogens is 13. The maximum atomic E-state index is 13.7. The van der Waals surface area contributed by atoms with Gasteiger partial charge in [0, 0.05) is 69.9 Å². The third-order valence-electron chi connectivity index (χ3n) is 15.7. The fourth-order valence-corrected chi connectivity index (χ4v) is 11.2. The molecule has 7 aromatic heterocycles. The van der Waals surface area contributed by atoms with Gasteiger partial charge >= 0.3 is 12.1 Å². The number of oxazole rings is 1. The van der Waals surface area contributed by atoms with E-state index in [0.717, 1.165) is 55.5 Å². The Labute approximate surface area is 491 Å². The van der Waals surface area contributed by atoms with Crippen LogP contribution in [0.4, 0.5) is 42.0 Å². The first-order valence-corrected chi connectivity index (χ1v) is 28.7. The Hall–Kier alpha value is -9.63. The fourth-order valence-electron chi connectivity index (χ4n) is 11.2. The minimum absolute atomic E-state index is 0.139. The van der Waals surface area contributed by atoms with Crippen LogP contribution in [0.2, 0.25) is 0 Å². The van der Waals surface area contributed by atoms with Crippen molar-refractivity contribution in [2.45, 2.75) is 123 Å². The lowest BCUT2D eigenvalue weighted by atomic mass is 10.0. The molecule has 1 amide bonds. The Morgan fingerprint density at radius 1 is 0.616 bits per heavy atom. The van der Waals surface area contributed by atoms with Gasteiger partial charge in [0.15, 0.2) is 34.8 Å². The number of fused-ring (bicyclic) bond motifs is 3. The summed E-state index contributed by atoms with van der Waals surface area (Å²) >= 11 is 0. The van der Waals surface area contributed by atoms with E-state index >= 15 is 0 Å². The summed E-state index contributed by atoms with van der Waals surface area (Å²) in [5.74, 6) is 3.65. The predicted octanol–water partition coefficient (Wildman–Crippen LogP) is 6.96. The summed E-state index contributed by atoms with van der Waals surface area (Å²) in [6.45, 7) is 7.49. The van der Waals surface area contributed by atoms with Crippen molar-refractivity contribution in [2.24, 2.45) is 5.92 Å². The van der Waals surface area contributed by atoms with Gasteiger partial charge < -0.3 is 54.3 Å². The van der Waals surface area contributed by atoms with Gasteiger partial charge in [-0.1, -0.05) is 62.8 Å². The fraction of sp³-hybridized carbons (Fsp3) is 0.414. The van der Waals surface area contributed by atoms with Crippen molar-refractivity contribution in [3.63, 3.8) is 0 Å². The highest BCUT2D eigenvalue weighted by atomic mass is 19.4. The zero-order chi connectivity index (χ0) is 59.9. The van der Waals surface area contributed by atoms with Crippen molar-refractivity contribution in [2.75, 3.05) is 52.4 Å². The smallest absolute Gasteiger partial charge is 0.437 e. The van der Waals surface area contributed by atoms with Crippen LogP contribution in [0.1, 0.15) is 136 Å². The number of halogens is 3. The maximum Gasteiger partial charge on any atom is 0.437 e. The number of nitrogens with zero attached hydrogens (tertiary/aromatic N) is 16. The van der Waals surface area contributed by atoms with Gasteiger partial charge in [0.2, 0.25) is 29.1 Å². The molecule has 2 saturated carbocycles. The van der Waals surface area contributed by atoms with Gasteiger partial charge in [0.25, 0.3) is 5.91 Å². The number of alkyl halides is 3. The number of rotatable bonds is 14. The van der Waals surface area contributed by atoms with Gasteiger partial charge in [0.1, 0.15) is 17.5 Å². The van der Waals surface area contributed by atoms with E-state index in [1.54, 1.807) is 66.3 Å². The lowest BCUT2D eigenvalue weighted by Crippen LogP contribution is -2.38. The van der Waals surface area contributed by atoms with E-state index in [0.29, 0.717) is 117 Å². The number of hydrogen-bond acceptors (Lipinski definition) is 21. The van der Waals surface area contributed by atoms with E-state index in [2.05, 4.69) is 65.6 Å². The Kier molecular flexibility index (Phi) is 17.4. The number of esters is 1. The number of Topliss-reactive ketones (excluding diaryl/α,β-unsaturated/α-hetero) is 2. The lowest BCUT2D eigenvalue weighted by Gasteiger charge is -2.28. The molecular weight excluding hydrogens is 1120 g/mol. The summed E-state index contributed by atoms with van der Waals surface area (Å²) in [5.41, 5.74) is 12.0. The molecular formula is C58H64F3N19O6. The topological polar surface area (TPSA) is 308 Å². The molecule has 0 radical (unpaired) electrons. The molecule has 2 fully saturated rings. The quantitative estimate of drug-likeness (QED) is 0.0732. The molecule has 2 aliphatic carbocycles. The van der Waals surface area contributed by atoms with Crippen molar-refractivity contribution in [3.05, 3.63) is 137 Å². The second-order valence-electron chi connectivity index (χ2n) is 21.6. The van der Waals surface area contributed by atoms with E-state index in [-0.39, 0.29) is 35.9 Å². The molecule has 0 bridgehead atoms. The Morgan fingerprint density at radius 2 is 1.13 bits per heavy atom. The minimum Gasteiger partial charge on any atom is -0.460 e. The number of hydrogen-bond donors (Lipinski definition) is 3. The average Bonchev–Trinajstić information content (AvgIpc) is 4.50. The minimum atomic E-state index is -4.85. The van der Waals surface area contributed by atoms with Crippen molar-refractivity contribution < 1.29 is 41.5 Å². The number of ketones is 2. The number of carbonyl (C=O) groups is 4. The maximum absolute atomic E-state index is 13.7. The molecule has 0 unspecified atom stereocenters. The Bertz CT molecular complexity index is 3670. The molecule has 86 heavy (non-hydrogen) atoms. The molecule has 10 heterocycles. The molecule has 1 aromatic carbocycles. The zero-order valence-electron chi connectivity index (χ0n) is 47.3. The largest absolute Gasteiger partial charge is 0.460 e. The molecule has 5 N–H and O–H groups in total. The molecule has 8 aromatic rings. The standard InChI is InChI=1S/C28H26F3N7O3.C17H22N6O.C13H16N6O2/c29-28(30,31)24-23(41-27(34-24)18-6-2-1-3-7-18)20(39)14-17-10-11-21(32-15-17)37-12-13-38-22(16-37)35-36-25(38)26(40)33-19-8-4-5-9-19;18-13-5-6-15(19-10-13)22-7-8-23-16(11-22)20-21-17(23)14(24)9-12-3-1-2-4-12;1-2-21-13(20)12-17-16-11-8-18(5-6-19(11)12)10-4-3-9(14)7-15-10/h1-3,6-7,10-11,15,19H,4-5,8-9,12-14,16H2,(H,33,40);5-6,10,12H,1-4,7-9,11,18H2;3-4,7H,2,5-6,8,14H2,1H3. The normalized spacial score (nSPS) is 15.8. The average molecular weight is 1180 g/mol. The summed E-state index contributed by atoms with van der Waals surface area (Å²) in [6, 6.07) is 19.1. The lowest BCUT2D eigenvalue weighted by molar-refractivity contribution is -0.141. The number of amides is 1. The second-order valence-corrected chi connectivity index (χ2v) is 21.6. The van der Waals surface area contributed by atoms with Gasteiger partial charge in [0.05, 0.1) is 50.0 Å². The molecule has 13 rings (SSSR count). The highest BCUT2D eigenvalue weighted by molar-refractivity contribution is 5.96. The highest BCUT2D eigenvalue weighted by Crippen LogP contribution is 2.36. The van der Waals surface area contributed by atoms with E-state index in [1.165, 1.54) is 31.9 Å². The Balaban J connectivity index is 0.000000145. The van der Waals surface area contributed by atoms with Crippen LogP contribution in [0.25, 0.3) is 11.5 Å². The van der Waals surface area contributed by atoms with Crippen molar-refractivity contribution >= 4 is 52.3 Å². The van der Waals surface area contributed by atoms with Crippen LogP contribution in [0, 0.1) is 5.92 Å². The third kappa shape index (κ3) is 13.3. The number of pyridine rings is 3. The number of nitrogen functional groups attached to an aromatic ring is 2. The number of nitrogens with two attached hydrogens (primary N) is 2. The van der Waals surface area contributed by atoms with Crippen molar-refractivity contribution in [1.29, 1.82) is 0 Å². The highest BCUT2D eigenvalue weighted by Gasteiger charge is 2.41. The van der Waals surface area contributed by atoms with Crippen LogP contribution in [0.15, 0.2) is 89.7 Å². The molecule has 448 valence electrons. The molecule has 28 heteroatoms. The third-order valence-corrected chi connectivity index (χ3v) is 15.7. The van der Waals surface area contributed by atoms with Crippen LogP contribution < -0.4 is 31.5 Å². The number of nitrogens with one attached hydrogen (secondary N) is 1. The molecule has 3 aliphatic heterocycles. The molecule has 5 aliphatic rings. The van der Waals surface area contributed by atoms with Gasteiger partial charge in [-0.25, -0.2) is 24.7 Å². The van der Waals surface area contributed by atoms with Gasteiger partial charge in [-0.3, -0.25) is 14.4 Å². The zero-order valence-corrected chi connectivity index (χ0v) is 47.3. The molecule has 0 spiro atoms. The summed E-state index contributed by atoms with van der Waals surface area (Å²) in [4.78, 5) is 72.8. The summed E-state index contributed by atoms with van der Waals surface area (Å²) < 4.78 is 56.8. The molecule has 0 atom stereocenters. The van der Waals surface area contributed by atoms with E-state index < -0.39 is 29.4 Å². The van der Waals surface area contributed by atoms with Crippen LogP contribution in [-0.4, -0.2) is 120 Å².